The first-order chi connectivity index (χ1) is 12.5. The fourth-order valence-electron chi connectivity index (χ4n) is 2.57. The third-order valence-corrected chi connectivity index (χ3v) is 4.17. The van der Waals surface area contributed by atoms with Crippen molar-refractivity contribution in [2.45, 2.75) is 52.5 Å². The molecule has 0 heterocycles. The molecule has 2 amide bonds. The number of methoxy groups -OCH3 is 1. The lowest BCUT2D eigenvalue weighted by atomic mass is 9.88. The number of hydrogen-bond donors (Lipinski definition) is 3. The van der Waals surface area contributed by atoms with Gasteiger partial charge in [0.05, 0.1) is 19.1 Å². The van der Waals surface area contributed by atoms with Crippen LogP contribution in [0.4, 0.5) is 0 Å². The Morgan fingerprint density at radius 3 is 2.37 bits per heavy atom. The van der Waals surface area contributed by atoms with E-state index < -0.39 is 16.9 Å². The highest BCUT2D eigenvalue weighted by atomic mass is 16.5. The summed E-state index contributed by atoms with van der Waals surface area (Å²) < 4.78 is 5.19. The maximum atomic E-state index is 12.4. The molecule has 7 nitrogen and oxygen atoms in total. The molecular formula is C20H30N2O5. The molecule has 1 aromatic rings. The zero-order valence-electron chi connectivity index (χ0n) is 16.7. The maximum absolute atomic E-state index is 12.4. The average molecular weight is 378 g/mol. The zero-order chi connectivity index (χ0) is 20.7. The maximum Gasteiger partial charge on any atom is 0.306 e. The van der Waals surface area contributed by atoms with Gasteiger partial charge < -0.3 is 20.5 Å². The lowest BCUT2D eigenvalue weighted by Gasteiger charge is -2.30. The van der Waals surface area contributed by atoms with E-state index in [1.807, 2.05) is 20.8 Å². The molecule has 0 radical (unpaired) electrons. The topological polar surface area (TPSA) is 105 Å². The lowest BCUT2D eigenvalue weighted by molar-refractivity contribution is -0.139. The minimum Gasteiger partial charge on any atom is -0.497 e. The summed E-state index contributed by atoms with van der Waals surface area (Å²) in [5.74, 6) is -0.775. The van der Waals surface area contributed by atoms with Gasteiger partial charge in [0.1, 0.15) is 5.75 Å². The van der Waals surface area contributed by atoms with Gasteiger partial charge in [-0.3, -0.25) is 14.4 Å². The number of carboxylic acids is 1. The molecule has 0 aromatic heterocycles. The van der Waals surface area contributed by atoms with Crippen molar-refractivity contribution in [2.24, 2.45) is 5.41 Å². The molecule has 1 unspecified atom stereocenters. The van der Waals surface area contributed by atoms with E-state index in [0.29, 0.717) is 24.3 Å². The number of benzene rings is 1. The summed E-state index contributed by atoms with van der Waals surface area (Å²) >= 11 is 0. The summed E-state index contributed by atoms with van der Waals surface area (Å²) in [4.78, 5) is 35.5. The van der Waals surface area contributed by atoms with Crippen molar-refractivity contribution >= 4 is 17.8 Å². The molecule has 1 aromatic carbocycles. The Balaban J connectivity index is 2.72. The number of carboxylic acid groups (broad SMARTS) is 1. The number of amides is 2. The summed E-state index contributed by atoms with van der Waals surface area (Å²) in [5, 5.41) is 14.9. The Hall–Kier alpha value is -2.57. The highest BCUT2D eigenvalue weighted by Gasteiger charge is 2.31. The second-order valence-electron chi connectivity index (χ2n) is 7.79. The number of nitrogens with one attached hydrogen (secondary N) is 2. The molecule has 0 aliphatic heterocycles. The molecule has 27 heavy (non-hydrogen) atoms. The zero-order valence-corrected chi connectivity index (χ0v) is 16.7. The van der Waals surface area contributed by atoms with Crippen LogP contribution in [0.5, 0.6) is 5.75 Å². The van der Waals surface area contributed by atoms with Gasteiger partial charge in [0.15, 0.2) is 0 Å². The molecule has 0 spiro atoms. The van der Waals surface area contributed by atoms with Crippen LogP contribution in [0.25, 0.3) is 0 Å². The van der Waals surface area contributed by atoms with Gasteiger partial charge in [-0.25, -0.2) is 0 Å². The van der Waals surface area contributed by atoms with Gasteiger partial charge >= 0.3 is 5.97 Å². The van der Waals surface area contributed by atoms with E-state index in [2.05, 4.69) is 10.6 Å². The van der Waals surface area contributed by atoms with Crippen LogP contribution >= 0.6 is 0 Å². The first kappa shape index (κ1) is 22.5. The van der Waals surface area contributed by atoms with E-state index in [9.17, 15) is 19.5 Å². The van der Waals surface area contributed by atoms with Crippen LogP contribution in [0.3, 0.4) is 0 Å². The van der Waals surface area contributed by atoms with Gasteiger partial charge in [-0.2, -0.15) is 0 Å². The Morgan fingerprint density at radius 2 is 1.81 bits per heavy atom. The number of hydrogen-bond acceptors (Lipinski definition) is 4. The predicted molar refractivity (Wildman–Crippen MR) is 102 cm³/mol. The summed E-state index contributed by atoms with van der Waals surface area (Å²) in [6, 6.07) is 6.98. The standard InChI is InChI=1S/C20H30N2O5/c1-19(2,3)18(26)21-11-7-10-16(23)22-20(4,13-17(24)25)14-8-6-9-15(12-14)27-5/h6,8-9,12H,7,10-11,13H2,1-5H3,(H,21,26)(H,22,23)(H,24,25). The summed E-state index contributed by atoms with van der Waals surface area (Å²) in [5.41, 5.74) is -0.889. The molecule has 0 saturated heterocycles. The molecule has 7 heteroatoms. The Kier molecular flexibility index (Phi) is 7.82. The van der Waals surface area contributed by atoms with Gasteiger partial charge in [0, 0.05) is 18.4 Å². The quantitative estimate of drug-likeness (QED) is 0.573. The van der Waals surface area contributed by atoms with E-state index in [-0.39, 0.29) is 24.7 Å². The Morgan fingerprint density at radius 1 is 1.15 bits per heavy atom. The number of carbonyl (C=O) groups is 3. The van der Waals surface area contributed by atoms with E-state index in [1.54, 1.807) is 31.2 Å². The average Bonchev–Trinajstić information content (AvgIpc) is 2.56. The monoisotopic (exact) mass is 378 g/mol. The van der Waals surface area contributed by atoms with Crippen molar-refractivity contribution in [2.75, 3.05) is 13.7 Å². The van der Waals surface area contributed by atoms with Crippen LogP contribution in [0.1, 0.15) is 52.5 Å². The SMILES string of the molecule is COc1cccc(C(C)(CC(=O)O)NC(=O)CCCNC(=O)C(C)(C)C)c1. The minimum atomic E-state index is -1.06. The smallest absolute Gasteiger partial charge is 0.306 e. The van der Waals surface area contributed by atoms with E-state index in [0.717, 1.165) is 0 Å². The highest BCUT2D eigenvalue weighted by molar-refractivity contribution is 5.81. The number of ether oxygens (including phenoxy) is 1. The second-order valence-corrected chi connectivity index (χ2v) is 7.79. The van der Waals surface area contributed by atoms with E-state index >= 15 is 0 Å². The molecule has 0 bridgehead atoms. The molecule has 0 aliphatic carbocycles. The van der Waals surface area contributed by atoms with Crippen LogP contribution in [-0.2, 0) is 19.9 Å². The van der Waals surface area contributed by atoms with Crippen LogP contribution in [-0.4, -0.2) is 36.5 Å². The lowest BCUT2D eigenvalue weighted by Crippen LogP contribution is -2.45. The molecule has 1 rings (SSSR count). The molecule has 1 atom stereocenters. The number of aliphatic carboxylic acids is 1. The van der Waals surface area contributed by atoms with Gasteiger partial charge in [-0.1, -0.05) is 32.9 Å². The fourth-order valence-corrected chi connectivity index (χ4v) is 2.57. The predicted octanol–water partition coefficient (Wildman–Crippen LogP) is 2.44. The van der Waals surface area contributed by atoms with Crippen molar-refractivity contribution in [3.05, 3.63) is 29.8 Å². The molecule has 3 N–H and O–H groups in total. The first-order valence-electron chi connectivity index (χ1n) is 8.93. The molecular weight excluding hydrogens is 348 g/mol. The Labute approximate surface area is 160 Å². The van der Waals surface area contributed by atoms with Crippen molar-refractivity contribution in [3.8, 4) is 5.75 Å². The van der Waals surface area contributed by atoms with Crippen LogP contribution in [0.2, 0.25) is 0 Å². The van der Waals surface area contributed by atoms with Crippen LogP contribution in [0.15, 0.2) is 24.3 Å². The van der Waals surface area contributed by atoms with Crippen molar-refractivity contribution in [1.29, 1.82) is 0 Å². The normalized spacial score (nSPS) is 13.4. The molecule has 0 aliphatic rings. The van der Waals surface area contributed by atoms with Crippen molar-refractivity contribution in [3.63, 3.8) is 0 Å². The highest BCUT2D eigenvalue weighted by Crippen LogP contribution is 2.28. The van der Waals surface area contributed by atoms with Crippen molar-refractivity contribution < 1.29 is 24.2 Å². The largest absolute Gasteiger partial charge is 0.497 e. The van der Waals surface area contributed by atoms with E-state index in [1.165, 1.54) is 7.11 Å². The Bertz CT molecular complexity index is 681. The van der Waals surface area contributed by atoms with Crippen molar-refractivity contribution in [1.82, 2.24) is 10.6 Å². The number of carbonyl (C=O) groups excluding carboxylic acids is 2. The van der Waals surface area contributed by atoms with Gasteiger partial charge in [-0.05, 0) is 31.0 Å². The minimum absolute atomic E-state index is 0.0741. The third kappa shape index (κ3) is 7.29. The van der Waals surface area contributed by atoms with Gasteiger partial charge in [-0.15, -0.1) is 0 Å². The van der Waals surface area contributed by atoms with Gasteiger partial charge in [0.2, 0.25) is 11.8 Å². The third-order valence-electron chi connectivity index (χ3n) is 4.17. The van der Waals surface area contributed by atoms with Crippen LogP contribution < -0.4 is 15.4 Å². The summed E-state index contributed by atoms with van der Waals surface area (Å²) in [6.07, 6.45) is 0.394. The van der Waals surface area contributed by atoms with Gasteiger partial charge in [0.25, 0.3) is 0 Å². The molecule has 150 valence electrons. The summed E-state index contributed by atoms with van der Waals surface area (Å²) in [7, 11) is 1.53. The molecule has 0 fully saturated rings. The first-order valence-corrected chi connectivity index (χ1v) is 8.93. The van der Waals surface area contributed by atoms with Crippen LogP contribution in [0, 0.1) is 5.41 Å². The summed E-state index contributed by atoms with van der Waals surface area (Å²) in [6.45, 7) is 7.52. The van der Waals surface area contributed by atoms with E-state index in [4.69, 9.17) is 4.74 Å². The fraction of sp³-hybridized carbons (Fsp3) is 0.550. The number of rotatable bonds is 9. The second kappa shape index (κ2) is 9.39. The molecule has 0 saturated carbocycles.